The third kappa shape index (κ3) is 25.8. The Kier molecular flexibility index (Phi) is 30.4. The predicted molar refractivity (Wildman–Crippen MR) is 162 cm³/mol. The molecule has 5 rings (SSSR count). The van der Waals surface area contributed by atoms with Crippen LogP contribution in [-0.2, 0) is 102 Å². The molecule has 1 N–H and O–H groups in total. The largest absolute Gasteiger partial charge is 2.00 e. The number of aryl methyl sites for hydroxylation is 4. The molecule has 0 unspecified atom stereocenters. The first-order chi connectivity index (χ1) is 25.4. The Morgan fingerprint density at radius 2 is 0.857 bits per heavy atom. The molecule has 0 aliphatic heterocycles. The molecule has 0 saturated carbocycles. The van der Waals surface area contributed by atoms with Crippen molar-refractivity contribution in [3.05, 3.63) is 90.3 Å². The average Bonchev–Trinajstić information content (AvgIpc) is 3.93. The van der Waals surface area contributed by atoms with Gasteiger partial charge < -0.3 is 38.7 Å². The number of imidazole rings is 4. The molecule has 56 heavy (non-hydrogen) atoms. The Bertz CT molecular complexity index is 1540. The number of nitrogens with zero attached hydrogens (tertiary/aromatic N) is 13. The summed E-state index contributed by atoms with van der Waals surface area (Å²) in [5, 5.41) is 31.6. The molecule has 5 aromatic heterocycles. The maximum absolute atomic E-state index is 8.49. The Morgan fingerprint density at radius 3 is 1.09 bits per heavy atom. The van der Waals surface area contributed by atoms with E-state index in [1.165, 1.54) is 6.92 Å². The van der Waals surface area contributed by atoms with E-state index in [1.807, 2.05) is 96.0 Å². The van der Waals surface area contributed by atoms with Gasteiger partial charge in [-0.15, -0.1) is 26.2 Å². The number of aliphatic hydroxyl groups excluding tert-OH is 1. The zero-order valence-corrected chi connectivity index (χ0v) is 34.6. The SMILES string of the molecule is CC#N.CO.C[O-].Cn1ccnc1CN(Cc1cc(CN(Cc2nccn2C)Cc2nccn2C)[n-]n1)Cc1nccn1C.[Cu+2].[Cu+2].[O-][Cl+3]([O-])([O-])[O-].[O-][Cl+3]([O-])([O-])[O-]. The van der Waals surface area contributed by atoms with Gasteiger partial charge >= 0.3 is 34.1 Å². The zero-order chi connectivity index (χ0) is 41.5. The van der Waals surface area contributed by atoms with Crippen molar-refractivity contribution in [2.75, 3.05) is 14.2 Å². The summed E-state index contributed by atoms with van der Waals surface area (Å²) in [7, 11) is -0.0854. The zero-order valence-electron chi connectivity index (χ0n) is 31.2. The van der Waals surface area contributed by atoms with E-state index in [4.69, 9.17) is 52.7 Å². The minimum absolute atomic E-state index is 0. The fourth-order valence-electron chi connectivity index (χ4n) is 4.32. The second-order valence-electron chi connectivity index (χ2n) is 10.4. The van der Waals surface area contributed by atoms with Crippen LogP contribution in [0.15, 0.2) is 55.6 Å². The quantitative estimate of drug-likeness (QED) is 0.114. The van der Waals surface area contributed by atoms with Crippen LogP contribution in [0.3, 0.4) is 0 Å². The van der Waals surface area contributed by atoms with Crippen LogP contribution in [0.4, 0.5) is 0 Å². The fraction of sp³-hybridized carbons (Fsp3) is 0.448. The Hall–Kier alpha value is -3.32. The number of halogens is 2. The fourth-order valence-corrected chi connectivity index (χ4v) is 4.32. The van der Waals surface area contributed by atoms with E-state index in [0.717, 1.165) is 48.9 Å². The molecule has 5 heterocycles. The smallest absolute Gasteiger partial charge is 0.857 e. The van der Waals surface area contributed by atoms with Crippen LogP contribution in [0.1, 0.15) is 41.6 Å². The van der Waals surface area contributed by atoms with Gasteiger partial charge in [0.1, 0.15) is 23.3 Å². The monoisotopic (exact) mass is 929 g/mol. The molecule has 0 aliphatic carbocycles. The van der Waals surface area contributed by atoms with Gasteiger partial charge in [0.25, 0.3) is 0 Å². The number of aromatic nitrogens is 10. The van der Waals surface area contributed by atoms with Crippen molar-refractivity contribution in [3.63, 3.8) is 0 Å². The Morgan fingerprint density at radius 1 is 0.607 bits per heavy atom. The summed E-state index contributed by atoms with van der Waals surface area (Å²) < 4.78 is 76.1. The van der Waals surface area contributed by atoms with Gasteiger partial charge in [-0.25, -0.2) is 57.2 Å². The summed E-state index contributed by atoms with van der Waals surface area (Å²) in [6, 6.07) is 3.84. The summed E-state index contributed by atoms with van der Waals surface area (Å²) in [4.78, 5) is 22.6. The normalized spacial score (nSPS) is 10.3. The van der Waals surface area contributed by atoms with Crippen molar-refractivity contribution >= 4 is 0 Å². The van der Waals surface area contributed by atoms with E-state index in [9.17, 15) is 0 Å². The molecule has 23 nitrogen and oxygen atoms in total. The van der Waals surface area contributed by atoms with Gasteiger partial charge in [0.05, 0.1) is 32.2 Å². The maximum atomic E-state index is 8.49. The number of nitriles is 1. The summed E-state index contributed by atoms with van der Waals surface area (Å²) >= 11 is 0. The van der Waals surface area contributed by atoms with Gasteiger partial charge in [-0.05, 0) is 0 Å². The van der Waals surface area contributed by atoms with Crippen molar-refractivity contribution in [2.24, 2.45) is 28.2 Å². The number of hydrogen-bond acceptors (Lipinski definition) is 18. The molecule has 0 fully saturated rings. The number of aliphatic hydroxyl groups is 1. The third-order valence-corrected chi connectivity index (χ3v) is 6.56. The van der Waals surface area contributed by atoms with E-state index in [-0.39, 0.29) is 34.1 Å². The summed E-state index contributed by atoms with van der Waals surface area (Å²) in [6.07, 6.45) is 15.2. The van der Waals surface area contributed by atoms with E-state index < -0.39 is 20.5 Å². The Balaban J connectivity index is -0.00000127. The third-order valence-electron chi connectivity index (χ3n) is 6.56. The van der Waals surface area contributed by atoms with Crippen LogP contribution in [0.2, 0.25) is 0 Å². The molecule has 2 radical (unpaired) electrons. The standard InChI is InChI=1S/C25H33N12.C2H3N.CH4O.CH3O.2ClHO4.2Cu/c1-32-9-5-26-22(32)16-36(17-23-27-6-10-33(23)2)14-20-13-21(31-30-20)15-37(18-24-28-7-11-34(24)3)19-25-29-8-12-35(25)4;1-2-3;2*1-2;2*2-1(3,4)5;;/h5-13H,14-19H2,1-4H3;1H3;2H,1H3;1H3;2*(H,2,3,4,5);;/q-1;;;-1;;;2*+2/p-2. The van der Waals surface area contributed by atoms with Crippen molar-refractivity contribution in [1.82, 2.24) is 58.2 Å². The molecular weight excluding hydrogens is 888 g/mol. The molecule has 0 atom stereocenters. The Labute approximate surface area is 349 Å². The first-order valence-electron chi connectivity index (χ1n) is 15.0. The first kappa shape index (κ1) is 57.0. The van der Waals surface area contributed by atoms with Crippen molar-refractivity contribution < 1.29 is 102 Å². The van der Waals surface area contributed by atoms with Crippen LogP contribution in [0.25, 0.3) is 0 Å². The second kappa shape index (κ2) is 29.9. The summed E-state index contributed by atoms with van der Waals surface area (Å²) in [6.45, 7) is 5.45. The van der Waals surface area contributed by atoms with Crippen LogP contribution in [0.5, 0.6) is 0 Å². The maximum Gasteiger partial charge on any atom is 2.00 e. The molecular formula is C29H43Cl2Cu2N13O10. The number of rotatable bonds is 12. The van der Waals surface area contributed by atoms with Gasteiger partial charge in [-0.2, -0.15) is 12.4 Å². The van der Waals surface area contributed by atoms with Crippen LogP contribution in [-0.4, -0.2) is 72.4 Å². The minimum atomic E-state index is -4.94. The van der Waals surface area contributed by atoms with E-state index >= 15 is 0 Å². The van der Waals surface area contributed by atoms with Gasteiger partial charge in [-0.1, -0.05) is 6.07 Å². The van der Waals surface area contributed by atoms with Crippen molar-refractivity contribution in [2.45, 2.75) is 46.2 Å². The molecule has 0 spiro atoms. The summed E-state index contributed by atoms with van der Waals surface area (Å²) in [5.41, 5.74) is 1.85. The van der Waals surface area contributed by atoms with Crippen molar-refractivity contribution in [1.29, 1.82) is 5.26 Å². The van der Waals surface area contributed by atoms with Crippen LogP contribution >= 0.6 is 0 Å². The first-order valence-corrected chi connectivity index (χ1v) is 17.5. The van der Waals surface area contributed by atoms with E-state index in [1.54, 1.807) is 6.07 Å². The van der Waals surface area contributed by atoms with Crippen LogP contribution < -0.4 is 47.5 Å². The van der Waals surface area contributed by atoms with Gasteiger partial charge in [0, 0.05) is 111 Å². The number of hydrogen-bond donors (Lipinski definition) is 1. The molecule has 0 aromatic carbocycles. The summed E-state index contributed by atoms with van der Waals surface area (Å²) in [5.74, 6) is 3.96. The second-order valence-corrected chi connectivity index (χ2v) is 11.9. The van der Waals surface area contributed by atoms with E-state index in [0.29, 0.717) is 39.3 Å². The minimum Gasteiger partial charge on any atom is -0.857 e. The molecule has 320 valence electrons. The molecule has 0 amide bonds. The predicted octanol–water partition coefficient (Wildman–Crippen LogP) is -9.02. The van der Waals surface area contributed by atoms with Crippen molar-refractivity contribution in [3.8, 4) is 6.07 Å². The molecule has 0 bridgehead atoms. The molecule has 5 aromatic rings. The van der Waals surface area contributed by atoms with Gasteiger partial charge in [0.2, 0.25) is 0 Å². The van der Waals surface area contributed by atoms with Gasteiger partial charge in [0.15, 0.2) is 0 Å². The molecule has 0 aliphatic rings. The van der Waals surface area contributed by atoms with Gasteiger partial charge in [-0.3, -0.25) is 9.80 Å². The molecule has 27 heteroatoms. The molecule has 0 saturated heterocycles. The van der Waals surface area contributed by atoms with E-state index in [2.05, 4.69) is 46.0 Å². The topological polar surface area (TPSA) is 356 Å². The average molecular weight is 932 g/mol. The van der Waals surface area contributed by atoms with Crippen LogP contribution in [0, 0.1) is 31.8 Å².